The molecule has 1 N–H and O–H groups in total. The van der Waals surface area contributed by atoms with Crippen LogP contribution < -0.4 is 0 Å². The predicted octanol–water partition coefficient (Wildman–Crippen LogP) is 2.71. The van der Waals surface area contributed by atoms with Gasteiger partial charge in [0.05, 0.1) is 12.0 Å². The van der Waals surface area contributed by atoms with E-state index in [1.54, 1.807) is 31.4 Å². The molecule has 0 bridgehead atoms. The Hall–Kier alpha value is -1.59. The lowest BCUT2D eigenvalue weighted by molar-refractivity contribution is -0.151. The fraction of sp³-hybridized carbons (Fsp3) is 0.500. The van der Waals surface area contributed by atoms with Gasteiger partial charge in [-0.1, -0.05) is 23.7 Å². The number of carboxylic acids is 1. The van der Waals surface area contributed by atoms with Crippen LogP contribution in [0.2, 0.25) is 5.02 Å². The Morgan fingerprint density at radius 2 is 1.95 bits per heavy atom. The molecule has 6 heteroatoms. The molecule has 0 heterocycles. The van der Waals surface area contributed by atoms with Crippen molar-refractivity contribution in [2.75, 3.05) is 13.7 Å². The fourth-order valence-electron chi connectivity index (χ4n) is 2.62. The molecular formula is C16H20ClNO4. The fourth-order valence-corrected chi connectivity index (χ4v) is 2.74. The minimum Gasteiger partial charge on any atom is -0.480 e. The maximum absolute atomic E-state index is 12.5. The number of carboxylic acid groups (broad SMARTS) is 1. The lowest BCUT2D eigenvalue weighted by atomic mass is 9.77. The molecule has 1 aromatic rings. The second kappa shape index (κ2) is 7.11. The van der Waals surface area contributed by atoms with Crippen molar-refractivity contribution in [3.05, 3.63) is 34.9 Å². The summed E-state index contributed by atoms with van der Waals surface area (Å²) in [6.45, 7) is -0.0661. The Kier molecular flexibility index (Phi) is 5.42. The topological polar surface area (TPSA) is 66.8 Å². The monoisotopic (exact) mass is 325 g/mol. The van der Waals surface area contributed by atoms with Crippen LogP contribution in [0.5, 0.6) is 0 Å². The number of rotatable bonds is 7. The smallest absolute Gasteiger partial charge is 0.323 e. The Morgan fingerprint density at radius 3 is 2.41 bits per heavy atom. The third kappa shape index (κ3) is 4.21. The largest absolute Gasteiger partial charge is 0.480 e. The first-order valence-corrected chi connectivity index (χ1v) is 7.61. The van der Waals surface area contributed by atoms with Crippen molar-refractivity contribution in [3.8, 4) is 0 Å². The quantitative estimate of drug-likeness (QED) is 0.837. The lowest BCUT2D eigenvalue weighted by Crippen LogP contribution is -2.46. The average molecular weight is 326 g/mol. The number of halogens is 1. The van der Waals surface area contributed by atoms with Gasteiger partial charge in [-0.3, -0.25) is 9.59 Å². The molecule has 0 aromatic heterocycles. The predicted molar refractivity (Wildman–Crippen MR) is 82.7 cm³/mol. The average Bonchev–Trinajstić information content (AvgIpc) is 2.44. The van der Waals surface area contributed by atoms with Gasteiger partial charge < -0.3 is 14.7 Å². The zero-order chi connectivity index (χ0) is 16.2. The zero-order valence-corrected chi connectivity index (χ0v) is 13.3. The van der Waals surface area contributed by atoms with Crippen molar-refractivity contribution >= 4 is 23.5 Å². The van der Waals surface area contributed by atoms with E-state index in [4.69, 9.17) is 21.4 Å². The molecule has 2 rings (SSSR count). The van der Waals surface area contributed by atoms with E-state index in [1.807, 2.05) is 0 Å². The second-order valence-electron chi connectivity index (χ2n) is 5.69. The van der Waals surface area contributed by atoms with Crippen LogP contribution in [0.15, 0.2) is 24.3 Å². The summed E-state index contributed by atoms with van der Waals surface area (Å²) in [6.07, 6.45) is 2.95. The van der Waals surface area contributed by atoms with Gasteiger partial charge >= 0.3 is 5.97 Å². The number of carbonyl (C=O) groups is 2. The van der Waals surface area contributed by atoms with Crippen LogP contribution in [0.25, 0.3) is 0 Å². The first kappa shape index (κ1) is 16.8. The van der Waals surface area contributed by atoms with Crippen molar-refractivity contribution in [2.45, 2.75) is 37.8 Å². The number of nitrogens with zero attached hydrogens (tertiary/aromatic N) is 1. The van der Waals surface area contributed by atoms with Crippen molar-refractivity contribution in [1.29, 1.82) is 0 Å². The van der Waals surface area contributed by atoms with Crippen molar-refractivity contribution in [2.24, 2.45) is 0 Å². The van der Waals surface area contributed by atoms with Crippen LogP contribution in [0.1, 0.15) is 31.2 Å². The molecule has 0 radical (unpaired) electrons. The summed E-state index contributed by atoms with van der Waals surface area (Å²) >= 11 is 5.84. The van der Waals surface area contributed by atoms with Crippen molar-refractivity contribution < 1.29 is 19.4 Å². The highest BCUT2D eigenvalue weighted by molar-refractivity contribution is 6.30. The van der Waals surface area contributed by atoms with E-state index in [0.29, 0.717) is 5.02 Å². The van der Waals surface area contributed by atoms with Crippen LogP contribution in [-0.2, 0) is 20.9 Å². The summed E-state index contributed by atoms with van der Waals surface area (Å²) in [7, 11) is 1.60. The maximum Gasteiger partial charge on any atom is 0.323 e. The zero-order valence-electron chi connectivity index (χ0n) is 12.5. The highest BCUT2D eigenvalue weighted by Crippen LogP contribution is 2.38. The van der Waals surface area contributed by atoms with E-state index in [1.165, 1.54) is 4.90 Å². The van der Waals surface area contributed by atoms with E-state index >= 15 is 0 Å². The molecule has 0 saturated heterocycles. The van der Waals surface area contributed by atoms with Gasteiger partial charge in [-0.2, -0.15) is 0 Å². The summed E-state index contributed by atoms with van der Waals surface area (Å²) in [5.41, 5.74) is 0.437. The second-order valence-corrected chi connectivity index (χ2v) is 6.12. The highest BCUT2D eigenvalue weighted by atomic mass is 35.5. The first-order chi connectivity index (χ1) is 10.4. The third-order valence-electron chi connectivity index (χ3n) is 4.14. The molecule has 1 aliphatic carbocycles. The molecule has 0 aliphatic heterocycles. The van der Waals surface area contributed by atoms with Gasteiger partial charge in [-0.25, -0.2) is 0 Å². The Labute approximate surface area is 134 Å². The molecule has 1 aromatic carbocycles. The van der Waals surface area contributed by atoms with Crippen LogP contribution in [-0.4, -0.2) is 41.1 Å². The summed E-state index contributed by atoms with van der Waals surface area (Å²) < 4.78 is 5.45. The highest BCUT2D eigenvalue weighted by Gasteiger charge is 2.40. The van der Waals surface area contributed by atoms with E-state index in [-0.39, 0.29) is 25.4 Å². The Bertz CT molecular complexity index is 534. The third-order valence-corrected chi connectivity index (χ3v) is 4.39. The summed E-state index contributed by atoms with van der Waals surface area (Å²) in [6, 6.07) is 7.03. The van der Waals surface area contributed by atoms with Crippen molar-refractivity contribution in [1.82, 2.24) is 4.90 Å². The van der Waals surface area contributed by atoms with Gasteiger partial charge in [0.25, 0.3) is 0 Å². The molecule has 0 spiro atoms. The van der Waals surface area contributed by atoms with Gasteiger partial charge in [0.2, 0.25) is 5.91 Å². The van der Waals surface area contributed by atoms with Crippen LogP contribution in [0.4, 0.5) is 0 Å². The summed E-state index contributed by atoms with van der Waals surface area (Å²) in [5.74, 6) is -1.22. The molecular weight excluding hydrogens is 306 g/mol. The molecule has 1 aliphatic rings. The van der Waals surface area contributed by atoms with Gasteiger partial charge in [0, 0.05) is 18.7 Å². The van der Waals surface area contributed by atoms with Crippen LogP contribution >= 0.6 is 11.6 Å². The minimum atomic E-state index is -1.03. The van der Waals surface area contributed by atoms with Crippen LogP contribution in [0.3, 0.4) is 0 Å². The Balaban J connectivity index is 2.06. The summed E-state index contributed by atoms with van der Waals surface area (Å²) in [5, 5.41) is 9.64. The molecule has 0 atom stereocenters. The molecule has 1 saturated carbocycles. The van der Waals surface area contributed by atoms with E-state index in [2.05, 4.69) is 0 Å². The number of ether oxygens (including phenoxy) is 1. The number of methoxy groups -OCH3 is 1. The lowest BCUT2D eigenvalue weighted by Gasteiger charge is -2.41. The van der Waals surface area contributed by atoms with E-state index in [0.717, 1.165) is 24.8 Å². The normalized spacial score (nSPS) is 15.9. The number of aliphatic carboxylic acids is 1. The van der Waals surface area contributed by atoms with E-state index in [9.17, 15) is 9.59 Å². The Morgan fingerprint density at radius 1 is 1.32 bits per heavy atom. The van der Waals surface area contributed by atoms with Gasteiger partial charge in [0.1, 0.15) is 6.54 Å². The molecule has 22 heavy (non-hydrogen) atoms. The number of carbonyl (C=O) groups excluding carboxylic acids is 1. The number of hydrogen-bond donors (Lipinski definition) is 1. The molecule has 1 fully saturated rings. The van der Waals surface area contributed by atoms with Gasteiger partial charge in [-0.05, 0) is 37.0 Å². The summed E-state index contributed by atoms with van der Waals surface area (Å²) in [4.78, 5) is 24.9. The van der Waals surface area contributed by atoms with Gasteiger partial charge in [-0.15, -0.1) is 0 Å². The molecule has 1 amide bonds. The maximum atomic E-state index is 12.5. The minimum absolute atomic E-state index is 0.195. The number of amides is 1. The van der Waals surface area contributed by atoms with Crippen molar-refractivity contribution in [3.63, 3.8) is 0 Å². The SMILES string of the molecule is COC1(CC(=O)N(CC(=O)O)Cc2ccc(Cl)cc2)CCC1. The van der Waals surface area contributed by atoms with E-state index < -0.39 is 11.6 Å². The molecule has 5 nitrogen and oxygen atoms in total. The first-order valence-electron chi connectivity index (χ1n) is 7.23. The molecule has 120 valence electrons. The van der Waals surface area contributed by atoms with Crippen LogP contribution in [0, 0.1) is 0 Å². The number of hydrogen-bond acceptors (Lipinski definition) is 3. The van der Waals surface area contributed by atoms with Gasteiger partial charge in [0.15, 0.2) is 0 Å². The molecule has 0 unspecified atom stereocenters. The standard InChI is InChI=1S/C16H20ClNO4/c1-22-16(7-2-8-16)9-14(19)18(11-15(20)21)10-12-3-5-13(17)6-4-12/h3-6H,2,7-11H2,1H3,(H,20,21). The number of benzene rings is 1.